The van der Waals surface area contributed by atoms with Crippen LogP contribution in [0.2, 0.25) is 0 Å². The number of nitrogens with two attached hydrogens (primary N) is 1. The lowest BCUT2D eigenvalue weighted by atomic mass is 10.1. The van der Waals surface area contributed by atoms with Gasteiger partial charge in [-0.15, -0.1) is 0 Å². The fraction of sp³-hybridized carbons (Fsp3) is 0.533. The van der Waals surface area contributed by atoms with Gasteiger partial charge >= 0.3 is 0 Å². The molecular formula is C15H20BrN3O2. The van der Waals surface area contributed by atoms with E-state index in [1.165, 1.54) is 0 Å². The minimum atomic E-state index is 0.179. The van der Waals surface area contributed by atoms with Crippen molar-refractivity contribution in [3.8, 4) is 11.5 Å². The molecule has 0 saturated carbocycles. The summed E-state index contributed by atoms with van der Waals surface area (Å²) in [4.78, 5) is 6.55. The Labute approximate surface area is 133 Å². The van der Waals surface area contributed by atoms with E-state index in [0.29, 0.717) is 25.7 Å². The van der Waals surface area contributed by atoms with E-state index in [4.69, 9.17) is 15.2 Å². The summed E-state index contributed by atoms with van der Waals surface area (Å²) in [6, 6.07) is 4.33. The molecule has 2 N–H and O–H groups in total. The van der Waals surface area contributed by atoms with Crippen LogP contribution in [0.25, 0.3) is 0 Å². The molecule has 5 nitrogen and oxygen atoms in total. The second-order valence-electron chi connectivity index (χ2n) is 5.29. The predicted octanol–water partition coefficient (Wildman–Crippen LogP) is 2.69. The van der Waals surface area contributed by atoms with E-state index in [1.54, 1.807) is 0 Å². The Bertz CT molecular complexity index is 562. The van der Waals surface area contributed by atoms with E-state index in [9.17, 15) is 0 Å². The number of benzene rings is 1. The number of aliphatic imine (C=N–C) groups is 1. The predicted molar refractivity (Wildman–Crippen MR) is 86.0 cm³/mol. The van der Waals surface area contributed by atoms with Crippen molar-refractivity contribution in [2.24, 2.45) is 10.7 Å². The third-order valence-corrected chi connectivity index (χ3v) is 4.36. The van der Waals surface area contributed by atoms with Crippen molar-refractivity contribution in [1.82, 2.24) is 4.90 Å². The number of hydrogen-bond donors (Lipinski definition) is 1. The number of ether oxygens (including phenoxy) is 2. The highest BCUT2D eigenvalue weighted by Crippen LogP contribution is 2.41. The Balaban J connectivity index is 1.92. The summed E-state index contributed by atoms with van der Waals surface area (Å²) in [6.45, 7) is 5.12. The van der Waals surface area contributed by atoms with E-state index in [0.717, 1.165) is 40.9 Å². The maximum atomic E-state index is 6.00. The zero-order chi connectivity index (χ0) is 14.8. The van der Waals surface area contributed by atoms with E-state index in [2.05, 4.69) is 44.9 Å². The molecule has 0 fully saturated rings. The first-order valence-corrected chi connectivity index (χ1v) is 8.15. The number of hydrogen-bond acceptors (Lipinski definition) is 5. The highest BCUT2D eigenvalue weighted by atomic mass is 79.9. The molecule has 2 heterocycles. The van der Waals surface area contributed by atoms with Crippen LogP contribution in [0.15, 0.2) is 21.6 Å². The van der Waals surface area contributed by atoms with E-state index in [1.807, 2.05) is 0 Å². The van der Waals surface area contributed by atoms with Crippen molar-refractivity contribution in [3.63, 3.8) is 0 Å². The molecule has 2 aliphatic rings. The van der Waals surface area contributed by atoms with Gasteiger partial charge in [0.1, 0.15) is 0 Å². The van der Waals surface area contributed by atoms with Gasteiger partial charge in [-0.2, -0.15) is 0 Å². The Morgan fingerprint density at radius 2 is 2.19 bits per heavy atom. The molecule has 0 saturated heterocycles. The van der Waals surface area contributed by atoms with Crippen LogP contribution in [-0.4, -0.2) is 37.2 Å². The van der Waals surface area contributed by atoms with Gasteiger partial charge in [0.25, 0.3) is 0 Å². The Morgan fingerprint density at radius 3 is 3.00 bits per heavy atom. The molecule has 21 heavy (non-hydrogen) atoms. The molecule has 2 aliphatic heterocycles. The molecule has 0 aliphatic carbocycles. The van der Waals surface area contributed by atoms with Gasteiger partial charge in [-0.25, -0.2) is 0 Å². The highest BCUT2D eigenvalue weighted by molar-refractivity contribution is 9.10. The SMILES string of the molecule is CCCN1C(N)=NCC1c1cc(Br)c2c(c1)OCCCO2. The van der Waals surface area contributed by atoms with Gasteiger partial charge in [0, 0.05) is 13.0 Å². The summed E-state index contributed by atoms with van der Waals surface area (Å²) in [5.41, 5.74) is 7.16. The molecule has 114 valence electrons. The maximum absolute atomic E-state index is 6.00. The van der Waals surface area contributed by atoms with Crippen LogP contribution in [0.1, 0.15) is 31.4 Å². The Morgan fingerprint density at radius 1 is 1.38 bits per heavy atom. The molecule has 0 aromatic heterocycles. The molecule has 3 rings (SSSR count). The molecule has 0 bridgehead atoms. The third-order valence-electron chi connectivity index (χ3n) is 3.77. The topological polar surface area (TPSA) is 60.1 Å². The third kappa shape index (κ3) is 2.81. The van der Waals surface area contributed by atoms with Crippen molar-refractivity contribution in [2.75, 3.05) is 26.3 Å². The van der Waals surface area contributed by atoms with Gasteiger partial charge in [-0.1, -0.05) is 6.92 Å². The maximum Gasteiger partial charge on any atom is 0.191 e. The summed E-state index contributed by atoms with van der Waals surface area (Å²) >= 11 is 3.60. The van der Waals surface area contributed by atoms with Gasteiger partial charge in [0.05, 0.1) is 30.3 Å². The summed E-state index contributed by atoms with van der Waals surface area (Å²) in [7, 11) is 0. The van der Waals surface area contributed by atoms with Crippen LogP contribution in [0, 0.1) is 0 Å². The summed E-state index contributed by atoms with van der Waals surface area (Å²) in [5, 5.41) is 0. The average molecular weight is 354 g/mol. The Hall–Kier alpha value is -1.43. The van der Waals surface area contributed by atoms with Crippen LogP contribution in [-0.2, 0) is 0 Å². The minimum absolute atomic E-state index is 0.179. The van der Waals surface area contributed by atoms with Crippen molar-refractivity contribution >= 4 is 21.9 Å². The molecule has 0 spiro atoms. The Kier molecular flexibility index (Phi) is 4.24. The molecular weight excluding hydrogens is 334 g/mol. The number of fused-ring (bicyclic) bond motifs is 1. The second-order valence-corrected chi connectivity index (χ2v) is 6.14. The van der Waals surface area contributed by atoms with Crippen molar-refractivity contribution in [1.29, 1.82) is 0 Å². The molecule has 0 radical (unpaired) electrons. The lowest BCUT2D eigenvalue weighted by Crippen LogP contribution is -2.36. The minimum Gasteiger partial charge on any atom is -0.490 e. The van der Waals surface area contributed by atoms with Crippen molar-refractivity contribution in [2.45, 2.75) is 25.8 Å². The monoisotopic (exact) mass is 353 g/mol. The van der Waals surface area contributed by atoms with Crippen LogP contribution in [0.4, 0.5) is 0 Å². The van der Waals surface area contributed by atoms with Gasteiger partial charge in [0.15, 0.2) is 17.5 Å². The van der Waals surface area contributed by atoms with Crippen molar-refractivity contribution < 1.29 is 9.47 Å². The summed E-state index contributed by atoms with van der Waals surface area (Å²) in [5.74, 6) is 2.23. The van der Waals surface area contributed by atoms with E-state index in [-0.39, 0.29) is 6.04 Å². The van der Waals surface area contributed by atoms with E-state index < -0.39 is 0 Å². The molecule has 1 atom stereocenters. The lowest BCUT2D eigenvalue weighted by molar-refractivity contribution is 0.296. The van der Waals surface area contributed by atoms with Crippen LogP contribution < -0.4 is 15.2 Å². The van der Waals surface area contributed by atoms with Crippen molar-refractivity contribution in [3.05, 3.63) is 22.2 Å². The largest absolute Gasteiger partial charge is 0.490 e. The number of guanidine groups is 1. The molecule has 6 heteroatoms. The highest BCUT2D eigenvalue weighted by Gasteiger charge is 2.28. The molecule has 1 aromatic rings. The zero-order valence-electron chi connectivity index (χ0n) is 12.1. The van der Waals surface area contributed by atoms with Crippen LogP contribution in [0.3, 0.4) is 0 Å². The number of rotatable bonds is 3. The smallest absolute Gasteiger partial charge is 0.191 e. The van der Waals surface area contributed by atoms with E-state index >= 15 is 0 Å². The summed E-state index contributed by atoms with van der Waals surface area (Å²) in [6.07, 6.45) is 1.94. The van der Waals surface area contributed by atoms with Gasteiger partial charge < -0.3 is 20.1 Å². The first-order chi connectivity index (χ1) is 10.2. The van der Waals surface area contributed by atoms with Gasteiger partial charge in [0.2, 0.25) is 0 Å². The molecule has 0 amide bonds. The first kappa shape index (κ1) is 14.5. The zero-order valence-corrected chi connectivity index (χ0v) is 13.7. The number of halogens is 1. The number of nitrogens with zero attached hydrogens (tertiary/aromatic N) is 2. The normalized spacial score (nSPS) is 21.1. The standard InChI is InChI=1S/C15H20BrN3O2/c1-2-4-19-12(9-18-15(19)17)10-7-11(16)14-13(8-10)20-5-3-6-21-14/h7-8,12H,2-6,9H2,1H3,(H2,17,18). The van der Waals surface area contributed by atoms with Crippen LogP contribution in [0.5, 0.6) is 11.5 Å². The quantitative estimate of drug-likeness (QED) is 0.907. The molecule has 1 unspecified atom stereocenters. The fourth-order valence-electron chi connectivity index (χ4n) is 2.77. The second kappa shape index (κ2) is 6.13. The molecule has 1 aromatic carbocycles. The summed E-state index contributed by atoms with van der Waals surface area (Å²) < 4.78 is 12.5. The average Bonchev–Trinajstić information content (AvgIpc) is 2.69. The van der Waals surface area contributed by atoms with Crippen LogP contribution >= 0.6 is 15.9 Å². The van der Waals surface area contributed by atoms with Gasteiger partial charge in [-0.3, -0.25) is 4.99 Å². The first-order valence-electron chi connectivity index (χ1n) is 7.36. The lowest BCUT2D eigenvalue weighted by Gasteiger charge is -2.26. The van der Waals surface area contributed by atoms with Gasteiger partial charge in [-0.05, 0) is 40.0 Å². The fourth-order valence-corrected chi connectivity index (χ4v) is 3.34.